The Balaban J connectivity index is 1.72. The van der Waals surface area contributed by atoms with Gasteiger partial charge in [0.1, 0.15) is 11.3 Å². The zero-order valence-electron chi connectivity index (χ0n) is 14.9. The average molecular weight is 391 g/mol. The summed E-state index contributed by atoms with van der Waals surface area (Å²) in [6.45, 7) is 1.92. The van der Waals surface area contributed by atoms with Gasteiger partial charge < -0.3 is 23.9 Å². The lowest BCUT2D eigenvalue weighted by Crippen LogP contribution is -2.47. The van der Waals surface area contributed by atoms with E-state index in [1.165, 1.54) is 24.1 Å². The maximum Gasteiger partial charge on any atom is 0.339 e. The standard InChI is InChI=1S/C19H21NO6S/c1-24-11-13-10-20(7-9-25-13)18(21)15-4-2-3-5-17(15)27-12-16-14(19(22)23)6-8-26-16/h2-6,8,13H,7,9-12H2,1H3,(H,22,23). The van der Waals surface area contributed by atoms with Gasteiger partial charge in [-0.1, -0.05) is 12.1 Å². The summed E-state index contributed by atoms with van der Waals surface area (Å²) in [7, 11) is 1.61. The molecule has 0 aliphatic carbocycles. The minimum Gasteiger partial charge on any atom is -0.478 e. The first-order chi connectivity index (χ1) is 13.1. The number of aromatic carboxylic acids is 1. The molecule has 2 heterocycles. The number of carbonyl (C=O) groups excluding carboxylic acids is 1. The summed E-state index contributed by atoms with van der Waals surface area (Å²) in [6.07, 6.45) is 1.23. The van der Waals surface area contributed by atoms with E-state index in [1.54, 1.807) is 18.1 Å². The Hall–Kier alpha value is -2.29. The molecule has 1 aliphatic heterocycles. The third kappa shape index (κ3) is 4.71. The zero-order valence-corrected chi connectivity index (χ0v) is 15.7. The number of hydrogen-bond acceptors (Lipinski definition) is 6. The second-order valence-electron chi connectivity index (χ2n) is 6.05. The topological polar surface area (TPSA) is 89.2 Å². The smallest absolute Gasteiger partial charge is 0.339 e. The van der Waals surface area contributed by atoms with Gasteiger partial charge in [0, 0.05) is 25.1 Å². The Labute approximate surface area is 161 Å². The Morgan fingerprint density at radius 1 is 1.30 bits per heavy atom. The molecule has 2 aromatic rings. The fraction of sp³-hybridized carbons (Fsp3) is 0.368. The van der Waals surface area contributed by atoms with Crippen LogP contribution >= 0.6 is 11.8 Å². The van der Waals surface area contributed by atoms with Crippen LogP contribution in [0.5, 0.6) is 0 Å². The molecule has 1 aliphatic rings. The quantitative estimate of drug-likeness (QED) is 0.726. The number of rotatable bonds is 7. The van der Waals surface area contributed by atoms with Crippen molar-refractivity contribution in [3.05, 3.63) is 53.5 Å². The number of ether oxygens (including phenoxy) is 2. The van der Waals surface area contributed by atoms with E-state index in [0.29, 0.717) is 43.4 Å². The normalized spacial score (nSPS) is 17.1. The van der Waals surface area contributed by atoms with Crippen LogP contribution in [0.4, 0.5) is 0 Å². The fourth-order valence-corrected chi connectivity index (χ4v) is 3.91. The van der Waals surface area contributed by atoms with Crippen molar-refractivity contribution >= 4 is 23.6 Å². The summed E-state index contributed by atoms with van der Waals surface area (Å²) in [5.74, 6) is -0.392. The number of thioether (sulfide) groups is 1. The third-order valence-corrected chi connectivity index (χ3v) is 5.30. The van der Waals surface area contributed by atoms with Gasteiger partial charge in [-0.05, 0) is 18.2 Å². The molecule has 27 heavy (non-hydrogen) atoms. The molecule has 1 aromatic heterocycles. The van der Waals surface area contributed by atoms with Gasteiger partial charge in [0.15, 0.2) is 0 Å². The van der Waals surface area contributed by atoms with Gasteiger partial charge in [0.05, 0.1) is 36.9 Å². The lowest BCUT2D eigenvalue weighted by atomic mass is 10.1. The molecule has 3 rings (SSSR count). The first-order valence-corrected chi connectivity index (χ1v) is 9.50. The van der Waals surface area contributed by atoms with Crippen LogP contribution in [0, 0.1) is 0 Å². The molecule has 0 radical (unpaired) electrons. The van der Waals surface area contributed by atoms with Crippen molar-refractivity contribution in [1.29, 1.82) is 0 Å². The third-order valence-electron chi connectivity index (χ3n) is 4.23. The molecule has 144 valence electrons. The van der Waals surface area contributed by atoms with Crippen LogP contribution in [-0.4, -0.2) is 61.4 Å². The molecule has 1 saturated heterocycles. The number of furan rings is 1. The van der Waals surface area contributed by atoms with Gasteiger partial charge in [-0.25, -0.2) is 4.79 Å². The van der Waals surface area contributed by atoms with Crippen LogP contribution in [0.25, 0.3) is 0 Å². The summed E-state index contributed by atoms with van der Waals surface area (Å²) in [6, 6.07) is 8.74. The Morgan fingerprint density at radius 3 is 2.89 bits per heavy atom. The van der Waals surface area contributed by atoms with Gasteiger partial charge >= 0.3 is 5.97 Å². The number of hydrogen-bond donors (Lipinski definition) is 1. The van der Waals surface area contributed by atoms with E-state index in [1.807, 2.05) is 18.2 Å². The van der Waals surface area contributed by atoms with E-state index in [9.17, 15) is 14.7 Å². The van der Waals surface area contributed by atoms with Crippen LogP contribution in [0.15, 0.2) is 45.9 Å². The van der Waals surface area contributed by atoms with Crippen molar-refractivity contribution in [2.45, 2.75) is 16.8 Å². The largest absolute Gasteiger partial charge is 0.478 e. The van der Waals surface area contributed by atoms with E-state index >= 15 is 0 Å². The first-order valence-electron chi connectivity index (χ1n) is 8.51. The number of morpholine rings is 1. The number of carbonyl (C=O) groups is 2. The molecule has 1 atom stereocenters. The molecule has 1 fully saturated rings. The molecular weight excluding hydrogens is 370 g/mol. The second-order valence-corrected chi connectivity index (χ2v) is 7.06. The summed E-state index contributed by atoms with van der Waals surface area (Å²) in [5, 5.41) is 9.18. The van der Waals surface area contributed by atoms with E-state index in [0.717, 1.165) is 4.90 Å². The van der Waals surface area contributed by atoms with Crippen molar-refractivity contribution in [3.8, 4) is 0 Å². The maximum absolute atomic E-state index is 13.0. The second kappa shape index (κ2) is 9.07. The highest BCUT2D eigenvalue weighted by Crippen LogP contribution is 2.29. The average Bonchev–Trinajstić information content (AvgIpc) is 3.15. The molecular formula is C19H21NO6S. The molecule has 7 nitrogen and oxygen atoms in total. The molecule has 1 unspecified atom stereocenters. The highest BCUT2D eigenvalue weighted by molar-refractivity contribution is 7.98. The lowest BCUT2D eigenvalue weighted by molar-refractivity contribution is -0.0531. The minimum absolute atomic E-state index is 0.0691. The maximum atomic E-state index is 13.0. The van der Waals surface area contributed by atoms with Crippen molar-refractivity contribution in [3.63, 3.8) is 0 Å². The summed E-state index contributed by atoms with van der Waals surface area (Å²) < 4.78 is 16.0. The first kappa shape index (κ1) is 19.5. The van der Waals surface area contributed by atoms with Crippen LogP contribution in [0.3, 0.4) is 0 Å². The number of methoxy groups -OCH3 is 1. The van der Waals surface area contributed by atoms with Crippen molar-refractivity contribution < 1.29 is 28.6 Å². The van der Waals surface area contributed by atoms with Gasteiger partial charge in [-0.2, -0.15) is 0 Å². The van der Waals surface area contributed by atoms with E-state index in [-0.39, 0.29) is 17.6 Å². The van der Waals surface area contributed by atoms with Gasteiger partial charge in [0.2, 0.25) is 0 Å². The molecule has 8 heteroatoms. The highest BCUT2D eigenvalue weighted by atomic mass is 32.2. The molecule has 1 aromatic carbocycles. The van der Waals surface area contributed by atoms with Crippen molar-refractivity contribution in [2.24, 2.45) is 0 Å². The molecule has 0 saturated carbocycles. The summed E-state index contributed by atoms with van der Waals surface area (Å²) in [5.41, 5.74) is 0.728. The van der Waals surface area contributed by atoms with Crippen LogP contribution in [0.2, 0.25) is 0 Å². The number of amides is 1. The number of carboxylic acid groups (broad SMARTS) is 1. The summed E-state index contributed by atoms with van der Waals surface area (Å²) in [4.78, 5) is 26.8. The van der Waals surface area contributed by atoms with E-state index in [4.69, 9.17) is 13.9 Å². The monoisotopic (exact) mass is 391 g/mol. The predicted molar refractivity (Wildman–Crippen MR) is 99.2 cm³/mol. The van der Waals surface area contributed by atoms with Crippen LogP contribution < -0.4 is 0 Å². The van der Waals surface area contributed by atoms with Gasteiger partial charge in [-0.3, -0.25) is 4.79 Å². The van der Waals surface area contributed by atoms with Crippen LogP contribution in [0.1, 0.15) is 26.5 Å². The van der Waals surface area contributed by atoms with Crippen LogP contribution in [-0.2, 0) is 15.2 Å². The summed E-state index contributed by atoms with van der Waals surface area (Å²) >= 11 is 1.38. The van der Waals surface area contributed by atoms with E-state index in [2.05, 4.69) is 0 Å². The number of nitrogens with zero attached hydrogens (tertiary/aromatic N) is 1. The zero-order chi connectivity index (χ0) is 19.2. The minimum atomic E-state index is -1.03. The Kier molecular flexibility index (Phi) is 6.54. The SMILES string of the molecule is COCC1CN(C(=O)c2ccccc2SCc2occc2C(=O)O)CCO1. The predicted octanol–water partition coefficient (Wildman–Crippen LogP) is 2.76. The molecule has 0 spiro atoms. The molecule has 1 amide bonds. The molecule has 1 N–H and O–H groups in total. The van der Waals surface area contributed by atoms with Gasteiger partial charge in [-0.15, -0.1) is 11.8 Å². The van der Waals surface area contributed by atoms with Gasteiger partial charge in [0.25, 0.3) is 5.91 Å². The fourth-order valence-electron chi connectivity index (χ4n) is 2.92. The number of benzene rings is 1. The molecule has 0 bridgehead atoms. The van der Waals surface area contributed by atoms with E-state index < -0.39 is 5.97 Å². The lowest BCUT2D eigenvalue weighted by Gasteiger charge is -2.33. The van der Waals surface area contributed by atoms with Crippen molar-refractivity contribution in [2.75, 3.05) is 33.4 Å². The van der Waals surface area contributed by atoms with Crippen molar-refractivity contribution in [1.82, 2.24) is 4.90 Å². The number of carboxylic acids is 1. The Bertz CT molecular complexity index is 803. The highest BCUT2D eigenvalue weighted by Gasteiger charge is 2.26. The Morgan fingerprint density at radius 2 is 2.11 bits per heavy atom.